The lowest BCUT2D eigenvalue weighted by Crippen LogP contribution is -2.58. The lowest BCUT2D eigenvalue weighted by molar-refractivity contribution is -0.133. The van der Waals surface area contributed by atoms with Crippen molar-refractivity contribution in [2.75, 3.05) is 5.01 Å². The van der Waals surface area contributed by atoms with Gasteiger partial charge in [-0.1, -0.05) is 18.2 Å². The molecule has 0 fully saturated rings. The standard InChI is InChI=1S/C25H25N3O4/c1-17(29)27(16-20-10-7-13-31-20)28(19-8-5-4-6-9-19)23-21-14-18(15-26)11-12-22(21)32-25(2,3)24(23)30/h4-14,23-24,30H,16H2,1-3H3. The fourth-order valence-corrected chi connectivity index (χ4v) is 4.02. The number of para-hydroxylation sites is 1. The molecule has 0 spiro atoms. The van der Waals surface area contributed by atoms with Gasteiger partial charge in [0.15, 0.2) is 0 Å². The molecule has 1 amide bonds. The second-order valence-corrected chi connectivity index (χ2v) is 8.30. The number of carbonyl (C=O) groups excluding carboxylic acids is 1. The van der Waals surface area contributed by atoms with Gasteiger partial charge in [-0.25, -0.2) is 5.01 Å². The lowest BCUT2D eigenvalue weighted by atomic mass is 9.85. The number of benzene rings is 2. The second-order valence-electron chi connectivity index (χ2n) is 8.30. The highest BCUT2D eigenvalue weighted by Gasteiger charge is 2.47. The summed E-state index contributed by atoms with van der Waals surface area (Å²) >= 11 is 0. The van der Waals surface area contributed by atoms with Gasteiger partial charge in [0, 0.05) is 12.5 Å². The molecule has 7 nitrogen and oxygen atoms in total. The summed E-state index contributed by atoms with van der Waals surface area (Å²) in [5, 5.41) is 24.3. The maximum absolute atomic E-state index is 12.9. The minimum absolute atomic E-state index is 0.176. The van der Waals surface area contributed by atoms with Gasteiger partial charge in [0.05, 0.1) is 23.6 Å². The molecule has 7 heteroatoms. The zero-order chi connectivity index (χ0) is 22.9. The van der Waals surface area contributed by atoms with Gasteiger partial charge in [0.25, 0.3) is 0 Å². The monoisotopic (exact) mass is 431 g/mol. The molecule has 2 heterocycles. The molecule has 0 aliphatic carbocycles. The van der Waals surface area contributed by atoms with Gasteiger partial charge in [-0.05, 0) is 56.3 Å². The molecule has 0 saturated heterocycles. The van der Waals surface area contributed by atoms with Gasteiger partial charge < -0.3 is 14.3 Å². The van der Waals surface area contributed by atoms with Crippen LogP contribution in [0.3, 0.4) is 0 Å². The highest BCUT2D eigenvalue weighted by molar-refractivity contribution is 5.76. The van der Waals surface area contributed by atoms with Crippen molar-refractivity contribution >= 4 is 11.6 Å². The number of furan rings is 1. The fraction of sp³-hybridized carbons (Fsp3) is 0.280. The van der Waals surface area contributed by atoms with Gasteiger partial charge in [0.2, 0.25) is 5.91 Å². The average molecular weight is 431 g/mol. The maximum atomic E-state index is 12.9. The molecule has 164 valence electrons. The molecule has 2 atom stereocenters. The van der Waals surface area contributed by atoms with Crippen molar-refractivity contribution in [3.8, 4) is 11.8 Å². The van der Waals surface area contributed by atoms with Crippen LogP contribution in [0.4, 0.5) is 5.69 Å². The first kappa shape index (κ1) is 21.5. The van der Waals surface area contributed by atoms with E-state index in [2.05, 4.69) is 6.07 Å². The van der Waals surface area contributed by atoms with E-state index in [0.717, 1.165) is 0 Å². The highest BCUT2D eigenvalue weighted by atomic mass is 16.5. The highest BCUT2D eigenvalue weighted by Crippen LogP contribution is 2.45. The van der Waals surface area contributed by atoms with Crippen molar-refractivity contribution in [3.63, 3.8) is 0 Å². The molecule has 32 heavy (non-hydrogen) atoms. The van der Waals surface area contributed by atoms with Crippen LogP contribution in [0.1, 0.15) is 43.7 Å². The molecule has 4 rings (SSSR count). The molecule has 1 N–H and O–H groups in total. The van der Waals surface area contributed by atoms with Crippen LogP contribution in [-0.4, -0.2) is 27.7 Å². The third kappa shape index (κ3) is 3.93. The van der Waals surface area contributed by atoms with Crippen LogP contribution in [0, 0.1) is 11.3 Å². The van der Waals surface area contributed by atoms with Gasteiger partial charge in [0.1, 0.15) is 35.8 Å². The SMILES string of the molecule is CC(=O)N(Cc1ccco1)N(c1ccccc1)C1c2cc(C#N)ccc2OC(C)(C)C1O. The summed E-state index contributed by atoms with van der Waals surface area (Å²) in [6.45, 7) is 5.26. The summed E-state index contributed by atoms with van der Waals surface area (Å²) in [4.78, 5) is 12.9. The van der Waals surface area contributed by atoms with Crippen molar-refractivity contribution in [2.24, 2.45) is 0 Å². The average Bonchev–Trinajstić information content (AvgIpc) is 3.29. The molecule has 1 aliphatic heterocycles. The van der Waals surface area contributed by atoms with E-state index >= 15 is 0 Å². The zero-order valence-electron chi connectivity index (χ0n) is 18.2. The molecule has 0 bridgehead atoms. The van der Waals surface area contributed by atoms with E-state index in [1.165, 1.54) is 6.92 Å². The van der Waals surface area contributed by atoms with E-state index in [1.54, 1.807) is 60.5 Å². The lowest BCUT2D eigenvalue weighted by Gasteiger charge is -2.49. The molecule has 2 aromatic carbocycles. The van der Waals surface area contributed by atoms with Crippen LogP contribution in [-0.2, 0) is 11.3 Å². The summed E-state index contributed by atoms with van der Waals surface area (Å²) in [6.07, 6.45) is 0.545. The molecule has 2 unspecified atom stereocenters. The number of amides is 1. The Hall–Kier alpha value is -3.76. The number of rotatable bonds is 5. The van der Waals surface area contributed by atoms with Crippen LogP contribution >= 0.6 is 0 Å². The van der Waals surface area contributed by atoms with E-state index in [4.69, 9.17) is 9.15 Å². The van der Waals surface area contributed by atoms with Crippen LogP contribution in [0.5, 0.6) is 5.75 Å². The number of nitriles is 1. The number of fused-ring (bicyclic) bond motifs is 1. The van der Waals surface area contributed by atoms with Gasteiger partial charge in [-0.2, -0.15) is 5.26 Å². The summed E-state index contributed by atoms with van der Waals surface area (Å²) in [6, 6.07) is 19.5. The normalized spacial score (nSPS) is 18.7. The number of nitrogens with zero attached hydrogens (tertiary/aromatic N) is 3. The van der Waals surface area contributed by atoms with Crippen molar-refractivity contribution in [1.82, 2.24) is 5.01 Å². The Morgan fingerprint density at radius 3 is 2.53 bits per heavy atom. The fourth-order valence-electron chi connectivity index (χ4n) is 4.02. The number of hydrogen-bond acceptors (Lipinski definition) is 6. The quantitative estimate of drug-likeness (QED) is 0.609. The Labute approximate surface area is 187 Å². The van der Waals surface area contributed by atoms with E-state index in [9.17, 15) is 15.2 Å². The molecular formula is C25H25N3O4. The van der Waals surface area contributed by atoms with Crippen LogP contribution in [0.15, 0.2) is 71.3 Å². The van der Waals surface area contributed by atoms with Crippen molar-refractivity contribution in [1.29, 1.82) is 5.26 Å². The number of ether oxygens (including phenoxy) is 1. The second kappa shape index (κ2) is 8.40. The Balaban J connectivity index is 1.92. The van der Waals surface area contributed by atoms with E-state index in [1.807, 2.05) is 30.3 Å². The topological polar surface area (TPSA) is 89.9 Å². The summed E-state index contributed by atoms with van der Waals surface area (Å²) in [5.74, 6) is 0.944. The first-order valence-corrected chi connectivity index (χ1v) is 10.4. The Morgan fingerprint density at radius 1 is 1.16 bits per heavy atom. The summed E-state index contributed by atoms with van der Waals surface area (Å²) < 4.78 is 11.6. The van der Waals surface area contributed by atoms with Crippen LogP contribution in [0.2, 0.25) is 0 Å². The molecule has 0 saturated carbocycles. The predicted octanol–water partition coefficient (Wildman–Crippen LogP) is 4.19. The number of carbonyl (C=O) groups is 1. The Morgan fingerprint density at radius 2 is 1.91 bits per heavy atom. The summed E-state index contributed by atoms with van der Waals surface area (Å²) in [5.41, 5.74) is 0.846. The molecular weight excluding hydrogens is 406 g/mol. The molecule has 1 aromatic heterocycles. The predicted molar refractivity (Wildman–Crippen MR) is 118 cm³/mol. The smallest absolute Gasteiger partial charge is 0.238 e. The first-order chi connectivity index (χ1) is 15.3. The van der Waals surface area contributed by atoms with Gasteiger partial charge in [-0.15, -0.1) is 0 Å². The van der Waals surface area contributed by atoms with Crippen molar-refractivity contribution in [3.05, 3.63) is 83.8 Å². The van der Waals surface area contributed by atoms with E-state index < -0.39 is 17.7 Å². The Kier molecular flexibility index (Phi) is 5.64. The maximum Gasteiger partial charge on any atom is 0.238 e. The zero-order valence-corrected chi connectivity index (χ0v) is 18.2. The van der Waals surface area contributed by atoms with Gasteiger partial charge in [-0.3, -0.25) is 9.80 Å². The number of anilines is 1. The van der Waals surface area contributed by atoms with Crippen LogP contribution in [0.25, 0.3) is 0 Å². The summed E-state index contributed by atoms with van der Waals surface area (Å²) in [7, 11) is 0. The Bertz CT molecular complexity index is 1140. The third-order valence-electron chi connectivity index (χ3n) is 5.64. The number of hydrazine groups is 1. The van der Waals surface area contributed by atoms with E-state index in [0.29, 0.717) is 28.3 Å². The van der Waals surface area contributed by atoms with Crippen molar-refractivity contribution in [2.45, 2.75) is 45.1 Å². The minimum atomic E-state index is -1.01. The largest absolute Gasteiger partial charge is 0.485 e. The molecule has 1 aliphatic rings. The molecule has 3 aromatic rings. The number of aliphatic hydroxyl groups excluding tert-OH is 1. The number of hydrogen-bond donors (Lipinski definition) is 1. The number of aliphatic hydroxyl groups is 1. The van der Waals surface area contributed by atoms with Gasteiger partial charge >= 0.3 is 0 Å². The molecule has 0 radical (unpaired) electrons. The van der Waals surface area contributed by atoms with Crippen molar-refractivity contribution < 1.29 is 19.1 Å². The van der Waals surface area contributed by atoms with E-state index in [-0.39, 0.29) is 12.5 Å². The third-order valence-corrected chi connectivity index (χ3v) is 5.64. The first-order valence-electron chi connectivity index (χ1n) is 10.4. The van der Waals surface area contributed by atoms with Crippen LogP contribution < -0.4 is 9.75 Å². The minimum Gasteiger partial charge on any atom is -0.485 e.